The zero-order valence-electron chi connectivity index (χ0n) is 12.8. The zero-order valence-corrected chi connectivity index (χ0v) is 12.8. The molecule has 0 radical (unpaired) electrons. The van der Waals surface area contributed by atoms with Crippen LogP contribution in [0.5, 0.6) is 0 Å². The number of amides is 1. The highest BCUT2D eigenvalue weighted by Crippen LogP contribution is 2.21. The Labute approximate surface area is 124 Å². The molecular formula is C15H23N3O3. The lowest BCUT2D eigenvalue weighted by Crippen LogP contribution is -2.35. The summed E-state index contributed by atoms with van der Waals surface area (Å²) >= 11 is 0. The minimum Gasteiger partial charge on any atom is -0.352 e. The van der Waals surface area contributed by atoms with E-state index in [9.17, 15) is 14.9 Å². The molecule has 3 N–H and O–H groups in total. The first kappa shape index (κ1) is 17.1. The number of carbonyl (C=O) groups excluding carboxylic acids is 1. The van der Waals surface area contributed by atoms with Gasteiger partial charge in [-0.05, 0) is 24.8 Å². The van der Waals surface area contributed by atoms with E-state index in [-0.39, 0.29) is 24.1 Å². The van der Waals surface area contributed by atoms with Gasteiger partial charge in [0.15, 0.2) is 0 Å². The van der Waals surface area contributed by atoms with Crippen LogP contribution in [-0.2, 0) is 11.3 Å². The molecule has 1 atom stereocenters. The highest BCUT2D eigenvalue weighted by molar-refractivity contribution is 5.78. The van der Waals surface area contributed by atoms with E-state index < -0.39 is 4.92 Å². The number of hydrogen-bond donors (Lipinski definition) is 2. The van der Waals surface area contributed by atoms with E-state index in [1.807, 2.05) is 13.8 Å². The smallest absolute Gasteiger partial charge is 0.272 e. The SMILES string of the molecule is Cc1c(CNC(=O)C(CN)CC(C)C)cccc1[N+](=O)[O-]. The summed E-state index contributed by atoms with van der Waals surface area (Å²) in [7, 11) is 0. The molecule has 0 aliphatic heterocycles. The number of nitro benzene ring substituents is 1. The number of nitrogens with zero attached hydrogens (tertiary/aromatic N) is 1. The normalized spacial score (nSPS) is 12.2. The van der Waals surface area contributed by atoms with Crippen LogP contribution in [0, 0.1) is 28.9 Å². The molecule has 0 aliphatic carbocycles. The van der Waals surface area contributed by atoms with Gasteiger partial charge < -0.3 is 11.1 Å². The lowest BCUT2D eigenvalue weighted by Gasteiger charge is -2.17. The lowest BCUT2D eigenvalue weighted by atomic mass is 9.96. The maximum Gasteiger partial charge on any atom is 0.272 e. The van der Waals surface area contributed by atoms with E-state index in [0.717, 1.165) is 12.0 Å². The Morgan fingerprint density at radius 3 is 2.62 bits per heavy atom. The predicted octanol–water partition coefficient (Wildman–Crippen LogP) is 2.14. The Morgan fingerprint density at radius 1 is 1.43 bits per heavy atom. The number of nitrogens with one attached hydrogen (secondary N) is 1. The van der Waals surface area contributed by atoms with Crippen molar-refractivity contribution in [2.24, 2.45) is 17.6 Å². The van der Waals surface area contributed by atoms with Crippen molar-refractivity contribution in [2.45, 2.75) is 33.7 Å². The van der Waals surface area contributed by atoms with Crippen molar-refractivity contribution >= 4 is 11.6 Å². The molecule has 0 heterocycles. The van der Waals surface area contributed by atoms with Gasteiger partial charge in [-0.1, -0.05) is 26.0 Å². The van der Waals surface area contributed by atoms with Crippen LogP contribution in [0.3, 0.4) is 0 Å². The lowest BCUT2D eigenvalue weighted by molar-refractivity contribution is -0.385. The molecule has 1 amide bonds. The molecule has 0 bridgehead atoms. The minimum atomic E-state index is -0.415. The van der Waals surface area contributed by atoms with Crippen molar-refractivity contribution in [1.82, 2.24) is 5.32 Å². The fourth-order valence-corrected chi connectivity index (χ4v) is 2.27. The van der Waals surface area contributed by atoms with Crippen LogP contribution in [-0.4, -0.2) is 17.4 Å². The number of hydrogen-bond acceptors (Lipinski definition) is 4. The fourth-order valence-electron chi connectivity index (χ4n) is 2.27. The summed E-state index contributed by atoms with van der Waals surface area (Å²) in [6.45, 7) is 6.36. The quantitative estimate of drug-likeness (QED) is 0.594. The van der Waals surface area contributed by atoms with Crippen LogP contribution in [0.1, 0.15) is 31.4 Å². The minimum absolute atomic E-state index is 0.0688. The summed E-state index contributed by atoms with van der Waals surface area (Å²) in [5.74, 6) is 0.0740. The summed E-state index contributed by atoms with van der Waals surface area (Å²) in [5.41, 5.74) is 7.03. The fraction of sp³-hybridized carbons (Fsp3) is 0.533. The van der Waals surface area contributed by atoms with Gasteiger partial charge in [0.05, 0.1) is 10.8 Å². The molecule has 0 aromatic heterocycles. The summed E-state index contributed by atoms with van der Waals surface area (Å²) in [6, 6.07) is 4.87. The summed E-state index contributed by atoms with van der Waals surface area (Å²) in [5, 5.41) is 13.7. The van der Waals surface area contributed by atoms with Gasteiger partial charge in [0.2, 0.25) is 5.91 Å². The molecule has 0 saturated carbocycles. The molecule has 0 saturated heterocycles. The molecular weight excluding hydrogens is 270 g/mol. The first-order valence-corrected chi connectivity index (χ1v) is 7.07. The number of benzene rings is 1. The van der Waals surface area contributed by atoms with Crippen molar-refractivity contribution in [3.63, 3.8) is 0 Å². The number of nitrogens with two attached hydrogens (primary N) is 1. The molecule has 1 unspecified atom stereocenters. The van der Waals surface area contributed by atoms with Gasteiger partial charge in [-0.25, -0.2) is 0 Å². The third-order valence-corrected chi connectivity index (χ3v) is 3.48. The van der Waals surface area contributed by atoms with Crippen LogP contribution in [0.15, 0.2) is 18.2 Å². The number of rotatable bonds is 7. The van der Waals surface area contributed by atoms with Crippen LogP contribution in [0.4, 0.5) is 5.69 Å². The van der Waals surface area contributed by atoms with Gasteiger partial charge >= 0.3 is 0 Å². The van der Waals surface area contributed by atoms with Gasteiger partial charge in [0.25, 0.3) is 5.69 Å². The topological polar surface area (TPSA) is 98.3 Å². The van der Waals surface area contributed by atoms with E-state index in [1.165, 1.54) is 6.07 Å². The largest absolute Gasteiger partial charge is 0.352 e. The third-order valence-electron chi connectivity index (χ3n) is 3.48. The highest BCUT2D eigenvalue weighted by Gasteiger charge is 2.19. The Morgan fingerprint density at radius 2 is 2.10 bits per heavy atom. The molecule has 1 rings (SSSR count). The Kier molecular flexibility index (Phi) is 6.30. The van der Waals surface area contributed by atoms with Crippen LogP contribution < -0.4 is 11.1 Å². The summed E-state index contributed by atoms with van der Waals surface area (Å²) in [4.78, 5) is 22.6. The van der Waals surface area contributed by atoms with Gasteiger partial charge in [-0.15, -0.1) is 0 Å². The second-order valence-corrected chi connectivity index (χ2v) is 5.60. The molecule has 0 fully saturated rings. The monoisotopic (exact) mass is 293 g/mol. The Balaban J connectivity index is 2.73. The van der Waals surface area contributed by atoms with Crippen molar-refractivity contribution in [2.75, 3.05) is 6.54 Å². The second kappa shape index (κ2) is 7.73. The van der Waals surface area contributed by atoms with Crippen molar-refractivity contribution in [1.29, 1.82) is 0 Å². The predicted molar refractivity (Wildman–Crippen MR) is 81.7 cm³/mol. The Hall–Kier alpha value is -1.95. The maximum absolute atomic E-state index is 12.1. The molecule has 1 aromatic rings. The van der Waals surface area contributed by atoms with Crippen LogP contribution >= 0.6 is 0 Å². The molecule has 6 heteroatoms. The van der Waals surface area contributed by atoms with Crippen molar-refractivity contribution < 1.29 is 9.72 Å². The maximum atomic E-state index is 12.1. The molecule has 0 spiro atoms. The van der Waals surface area contributed by atoms with Crippen LogP contribution in [0.2, 0.25) is 0 Å². The van der Waals surface area contributed by atoms with Gasteiger partial charge in [-0.2, -0.15) is 0 Å². The van der Waals surface area contributed by atoms with Crippen LogP contribution in [0.25, 0.3) is 0 Å². The van der Waals surface area contributed by atoms with E-state index in [2.05, 4.69) is 5.32 Å². The molecule has 21 heavy (non-hydrogen) atoms. The van der Waals surface area contributed by atoms with Crippen molar-refractivity contribution in [3.8, 4) is 0 Å². The first-order chi connectivity index (χ1) is 9.86. The summed E-state index contributed by atoms with van der Waals surface area (Å²) in [6.07, 6.45) is 0.732. The van der Waals surface area contributed by atoms with Crippen molar-refractivity contribution in [3.05, 3.63) is 39.4 Å². The van der Waals surface area contributed by atoms with Gasteiger partial charge in [-0.3, -0.25) is 14.9 Å². The average Bonchev–Trinajstić information content (AvgIpc) is 2.42. The molecule has 116 valence electrons. The van der Waals surface area contributed by atoms with E-state index in [1.54, 1.807) is 19.1 Å². The van der Waals surface area contributed by atoms with E-state index in [0.29, 0.717) is 18.0 Å². The molecule has 1 aromatic carbocycles. The highest BCUT2D eigenvalue weighted by atomic mass is 16.6. The zero-order chi connectivity index (χ0) is 16.0. The number of nitro groups is 1. The second-order valence-electron chi connectivity index (χ2n) is 5.60. The van der Waals surface area contributed by atoms with Gasteiger partial charge in [0, 0.05) is 24.7 Å². The average molecular weight is 293 g/mol. The molecule has 6 nitrogen and oxygen atoms in total. The van der Waals surface area contributed by atoms with E-state index >= 15 is 0 Å². The third kappa shape index (κ3) is 4.82. The first-order valence-electron chi connectivity index (χ1n) is 7.07. The number of carbonyl (C=O) groups is 1. The van der Waals surface area contributed by atoms with E-state index in [4.69, 9.17) is 5.73 Å². The summed E-state index contributed by atoms with van der Waals surface area (Å²) < 4.78 is 0. The Bertz CT molecular complexity index is 515. The standard InChI is InChI=1S/C15H23N3O3/c1-10(2)7-13(8-16)15(19)17-9-12-5-4-6-14(11(12)3)18(20)21/h4-6,10,13H,7-9,16H2,1-3H3,(H,17,19). The molecule has 0 aliphatic rings. The van der Waals surface area contributed by atoms with Gasteiger partial charge in [0.1, 0.15) is 0 Å².